The third-order valence-corrected chi connectivity index (χ3v) is 19.6. The maximum absolute atomic E-state index is 13.1. The Bertz CT molecular complexity index is 1950. The number of carbonyl (C=O) groups excluding carboxylic acids is 4. The molecule has 0 aromatic heterocycles. The van der Waals surface area contributed by atoms with Crippen LogP contribution in [0.2, 0.25) is 0 Å². The fourth-order valence-electron chi connectivity index (χ4n) is 11.5. The van der Waals surface area contributed by atoms with Gasteiger partial charge in [0, 0.05) is 25.7 Å². The summed E-state index contributed by atoms with van der Waals surface area (Å²) in [4.78, 5) is 72.8. The summed E-state index contributed by atoms with van der Waals surface area (Å²) in [5, 5.41) is 10.6. The number of phosphoric ester groups is 2. The van der Waals surface area contributed by atoms with Gasteiger partial charge in [0.05, 0.1) is 26.4 Å². The lowest BCUT2D eigenvalue weighted by atomic mass is 10.0. The number of carbonyl (C=O) groups is 4. The van der Waals surface area contributed by atoms with Gasteiger partial charge in [-0.25, -0.2) is 9.13 Å². The lowest BCUT2D eigenvalue weighted by molar-refractivity contribution is -0.161. The highest BCUT2D eigenvalue weighted by Gasteiger charge is 2.30. The van der Waals surface area contributed by atoms with Crippen LogP contribution in [0.15, 0.2) is 24.3 Å². The molecule has 0 aromatic carbocycles. The van der Waals surface area contributed by atoms with Gasteiger partial charge in [-0.3, -0.25) is 37.3 Å². The minimum absolute atomic E-state index is 0.102. The summed E-state index contributed by atoms with van der Waals surface area (Å²) in [6.07, 6.45) is 63.2. The van der Waals surface area contributed by atoms with Crippen molar-refractivity contribution in [3.05, 3.63) is 24.3 Å². The van der Waals surface area contributed by atoms with Crippen LogP contribution in [0.25, 0.3) is 0 Å². The van der Waals surface area contributed by atoms with Crippen molar-refractivity contribution in [3.8, 4) is 0 Å². The summed E-state index contributed by atoms with van der Waals surface area (Å²) in [7, 11) is -9.92. The number of esters is 4. The van der Waals surface area contributed by atoms with Crippen LogP contribution in [-0.2, 0) is 65.4 Å². The number of aliphatic hydroxyl groups is 1. The van der Waals surface area contributed by atoms with Gasteiger partial charge < -0.3 is 33.8 Å². The summed E-state index contributed by atoms with van der Waals surface area (Å²) in [5.41, 5.74) is 0. The number of hydrogen-bond donors (Lipinski definition) is 3. The number of ether oxygens (including phenoxy) is 4. The van der Waals surface area contributed by atoms with Gasteiger partial charge in [-0.15, -0.1) is 0 Å². The van der Waals surface area contributed by atoms with E-state index in [-0.39, 0.29) is 25.7 Å². The monoisotopic (exact) mass is 1420 g/mol. The molecule has 2 unspecified atom stereocenters. The molecule has 5 atom stereocenters. The van der Waals surface area contributed by atoms with Crippen molar-refractivity contribution < 1.29 is 80.2 Å². The summed E-state index contributed by atoms with van der Waals surface area (Å²) in [5.74, 6) is -1.38. The normalized spacial score (nSPS) is 14.1. The first-order valence-corrected chi connectivity index (χ1v) is 42.9. The van der Waals surface area contributed by atoms with E-state index in [2.05, 4.69) is 58.9 Å². The van der Waals surface area contributed by atoms with E-state index >= 15 is 0 Å². The van der Waals surface area contributed by atoms with Crippen molar-refractivity contribution in [1.82, 2.24) is 0 Å². The highest BCUT2D eigenvalue weighted by molar-refractivity contribution is 7.47. The van der Waals surface area contributed by atoms with Crippen LogP contribution in [-0.4, -0.2) is 96.7 Å². The molecule has 0 saturated carbocycles. The molecule has 0 aliphatic carbocycles. The van der Waals surface area contributed by atoms with Crippen LogP contribution in [0.3, 0.4) is 0 Å². The number of hydrogen-bond acceptors (Lipinski definition) is 15. The van der Waals surface area contributed by atoms with Crippen LogP contribution in [0.4, 0.5) is 0 Å². The Labute approximate surface area is 592 Å². The first-order chi connectivity index (χ1) is 47.0. The van der Waals surface area contributed by atoms with Crippen molar-refractivity contribution >= 4 is 39.5 Å². The average molecular weight is 1420 g/mol. The van der Waals surface area contributed by atoms with Gasteiger partial charge in [-0.05, 0) is 57.3 Å². The van der Waals surface area contributed by atoms with Crippen molar-refractivity contribution in [3.63, 3.8) is 0 Å². The van der Waals surface area contributed by atoms with Gasteiger partial charge in [0.1, 0.15) is 19.3 Å². The highest BCUT2D eigenvalue weighted by atomic mass is 31.2. The number of allylic oxidation sites excluding steroid dienone is 4. The number of unbranched alkanes of at least 4 members (excludes halogenated alkanes) is 45. The zero-order chi connectivity index (χ0) is 71.2. The molecule has 0 heterocycles. The largest absolute Gasteiger partial charge is 0.472 e. The van der Waals surface area contributed by atoms with E-state index in [1.54, 1.807) is 0 Å². The SMILES string of the molecule is CCCCCC/C=C\C=C/CCCCCCCC(=O)OC[C@H](COP(=O)(O)OC[C@@H](O)COP(=O)(O)OC[C@@H](COC(=O)CCCCCCCCCCC)OC(=O)CCCCCCCCCCCCCC(C)C)OC(=O)CCCCCCCCCCCCCCCCCCCCC. The molecule has 0 aromatic rings. The minimum atomic E-state index is -4.97. The molecule has 0 saturated heterocycles. The van der Waals surface area contributed by atoms with E-state index in [1.165, 1.54) is 193 Å². The lowest BCUT2D eigenvalue weighted by Crippen LogP contribution is -2.30. The fraction of sp³-hybridized carbons (Fsp3) is 0.897. The molecule has 0 radical (unpaired) electrons. The third-order valence-electron chi connectivity index (χ3n) is 17.7. The Hall–Kier alpha value is -2.46. The standard InChI is InChI=1S/C78H148O17P2/c1-6-9-12-15-18-21-23-25-27-28-29-30-32-34-38-43-48-53-58-63-77(82)95-74(68-89-76(81)62-57-52-47-42-37-33-31-26-24-22-19-16-13-10-7-2)70-93-97(86,87)91-66-72(79)65-90-96(84,85)92-69-73(67-88-75(80)61-56-51-46-40-20-17-14-11-8-3)94-78(83)64-59-54-49-44-39-35-36-41-45-50-55-60-71(4)5/h22,24,26,31,71-74,79H,6-21,23,25,27-30,32-70H2,1-5H3,(H,84,85)(H,86,87)/b24-22-,31-26-/t72-,73+,74+/m0/s1. The van der Waals surface area contributed by atoms with Crippen molar-refractivity contribution in [2.75, 3.05) is 39.6 Å². The van der Waals surface area contributed by atoms with Gasteiger partial charge in [0.15, 0.2) is 12.2 Å². The Morgan fingerprint density at radius 1 is 0.320 bits per heavy atom. The Kier molecular flexibility index (Phi) is 68.8. The number of aliphatic hydroxyl groups excluding tert-OH is 1. The van der Waals surface area contributed by atoms with Crippen LogP contribution < -0.4 is 0 Å². The molecular weight excluding hydrogens is 1270 g/mol. The van der Waals surface area contributed by atoms with Crippen LogP contribution in [0.5, 0.6) is 0 Å². The first-order valence-electron chi connectivity index (χ1n) is 40.0. The molecule has 0 aliphatic rings. The van der Waals surface area contributed by atoms with E-state index in [0.717, 1.165) is 115 Å². The van der Waals surface area contributed by atoms with Gasteiger partial charge >= 0.3 is 39.5 Å². The molecule has 0 rings (SSSR count). The molecule has 0 spiro atoms. The van der Waals surface area contributed by atoms with E-state index in [0.29, 0.717) is 25.7 Å². The average Bonchev–Trinajstić information content (AvgIpc) is 1.49. The van der Waals surface area contributed by atoms with E-state index in [4.69, 9.17) is 37.0 Å². The predicted octanol–water partition coefficient (Wildman–Crippen LogP) is 22.8. The van der Waals surface area contributed by atoms with Crippen LogP contribution in [0, 0.1) is 5.92 Å². The zero-order valence-corrected chi connectivity index (χ0v) is 64.5. The highest BCUT2D eigenvalue weighted by Crippen LogP contribution is 2.45. The predicted molar refractivity (Wildman–Crippen MR) is 395 cm³/mol. The Morgan fingerprint density at radius 2 is 0.557 bits per heavy atom. The van der Waals surface area contributed by atoms with Gasteiger partial charge in [-0.2, -0.15) is 0 Å². The molecule has 97 heavy (non-hydrogen) atoms. The first kappa shape index (κ1) is 94.5. The van der Waals surface area contributed by atoms with E-state index < -0.39 is 97.5 Å². The smallest absolute Gasteiger partial charge is 0.462 e. The molecule has 0 amide bonds. The second-order valence-corrected chi connectivity index (χ2v) is 30.8. The lowest BCUT2D eigenvalue weighted by Gasteiger charge is -2.21. The number of rotatable bonds is 76. The summed E-state index contributed by atoms with van der Waals surface area (Å²) in [6.45, 7) is 7.22. The molecule has 0 aliphatic heterocycles. The van der Waals surface area contributed by atoms with Gasteiger partial charge in [-0.1, -0.05) is 335 Å². The summed E-state index contributed by atoms with van der Waals surface area (Å²) >= 11 is 0. The van der Waals surface area contributed by atoms with Gasteiger partial charge in [0.2, 0.25) is 0 Å². The zero-order valence-electron chi connectivity index (χ0n) is 62.7. The topological polar surface area (TPSA) is 237 Å². The molecule has 17 nitrogen and oxygen atoms in total. The fourth-order valence-corrected chi connectivity index (χ4v) is 13.1. The minimum Gasteiger partial charge on any atom is -0.462 e. The number of phosphoric acid groups is 2. The molecule has 19 heteroatoms. The molecule has 572 valence electrons. The van der Waals surface area contributed by atoms with Crippen molar-refractivity contribution in [2.45, 2.75) is 406 Å². The summed E-state index contributed by atoms with van der Waals surface area (Å²) in [6, 6.07) is 0. The van der Waals surface area contributed by atoms with Gasteiger partial charge in [0.25, 0.3) is 0 Å². The molecule has 0 fully saturated rings. The van der Waals surface area contributed by atoms with E-state index in [9.17, 15) is 43.2 Å². The summed E-state index contributed by atoms with van der Waals surface area (Å²) < 4.78 is 68.5. The Balaban J connectivity index is 5.25. The maximum Gasteiger partial charge on any atom is 0.472 e. The molecule has 3 N–H and O–H groups in total. The van der Waals surface area contributed by atoms with Crippen LogP contribution >= 0.6 is 15.6 Å². The van der Waals surface area contributed by atoms with Crippen molar-refractivity contribution in [2.24, 2.45) is 5.92 Å². The van der Waals surface area contributed by atoms with Crippen molar-refractivity contribution in [1.29, 1.82) is 0 Å². The second kappa shape index (κ2) is 70.6. The maximum atomic E-state index is 13.1. The molecule has 0 bridgehead atoms. The quantitative estimate of drug-likeness (QED) is 0.0169. The molecular formula is C78H148O17P2. The Morgan fingerprint density at radius 3 is 0.845 bits per heavy atom. The third kappa shape index (κ3) is 71.7. The van der Waals surface area contributed by atoms with Crippen LogP contribution in [0.1, 0.15) is 388 Å². The second-order valence-electron chi connectivity index (χ2n) is 27.9. The van der Waals surface area contributed by atoms with E-state index in [1.807, 2.05) is 0 Å².